The van der Waals surface area contributed by atoms with Crippen LogP contribution in [0.25, 0.3) is 16.8 Å². The van der Waals surface area contributed by atoms with Gasteiger partial charge in [0, 0.05) is 10.7 Å². The highest BCUT2D eigenvalue weighted by Crippen LogP contribution is 2.20. The minimum Gasteiger partial charge on any atom is -0.461 e. The summed E-state index contributed by atoms with van der Waals surface area (Å²) >= 11 is 3.43. The van der Waals surface area contributed by atoms with E-state index in [-0.39, 0.29) is 5.69 Å². The van der Waals surface area contributed by atoms with Crippen molar-refractivity contribution in [3.05, 3.63) is 40.6 Å². The third kappa shape index (κ3) is 2.08. The molecule has 0 atom stereocenters. The molecule has 96 valence electrons. The molecule has 0 radical (unpaired) electrons. The highest BCUT2D eigenvalue weighted by atomic mass is 79.9. The SMILES string of the molecule is CCOC(=O)c1ccn2c(n1)nc1ccc(Br)cc12. The van der Waals surface area contributed by atoms with E-state index in [1.807, 2.05) is 22.6 Å². The van der Waals surface area contributed by atoms with Crippen molar-refractivity contribution in [2.24, 2.45) is 0 Å². The summed E-state index contributed by atoms with van der Waals surface area (Å²) in [5.41, 5.74) is 2.03. The molecule has 0 aliphatic rings. The van der Waals surface area contributed by atoms with Crippen LogP contribution in [-0.2, 0) is 4.74 Å². The first-order valence-corrected chi connectivity index (χ1v) is 6.60. The van der Waals surface area contributed by atoms with Gasteiger partial charge in [-0.2, -0.15) is 0 Å². The topological polar surface area (TPSA) is 56.5 Å². The number of imidazole rings is 1. The van der Waals surface area contributed by atoms with Crippen LogP contribution in [0.15, 0.2) is 34.9 Å². The highest BCUT2D eigenvalue weighted by Gasteiger charge is 2.12. The molecule has 0 saturated carbocycles. The van der Waals surface area contributed by atoms with Gasteiger partial charge in [0.2, 0.25) is 5.78 Å². The van der Waals surface area contributed by atoms with Crippen molar-refractivity contribution in [3.63, 3.8) is 0 Å². The van der Waals surface area contributed by atoms with E-state index in [0.717, 1.165) is 15.5 Å². The van der Waals surface area contributed by atoms with Crippen molar-refractivity contribution in [2.45, 2.75) is 6.92 Å². The number of hydrogen-bond donors (Lipinski definition) is 0. The average molecular weight is 320 g/mol. The van der Waals surface area contributed by atoms with E-state index in [1.165, 1.54) is 0 Å². The second-order valence-corrected chi connectivity index (χ2v) is 4.86. The van der Waals surface area contributed by atoms with Crippen LogP contribution in [-0.4, -0.2) is 26.9 Å². The van der Waals surface area contributed by atoms with Crippen LogP contribution in [0.3, 0.4) is 0 Å². The van der Waals surface area contributed by atoms with Gasteiger partial charge in [-0.3, -0.25) is 4.40 Å². The second kappa shape index (κ2) is 4.62. The van der Waals surface area contributed by atoms with E-state index in [1.54, 1.807) is 19.2 Å². The normalized spacial score (nSPS) is 11.1. The van der Waals surface area contributed by atoms with Crippen molar-refractivity contribution in [1.29, 1.82) is 0 Å². The van der Waals surface area contributed by atoms with Crippen molar-refractivity contribution in [2.75, 3.05) is 6.61 Å². The summed E-state index contributed by atoms with van der Waals surface area (Å²) in [6, 6.07) is 7.41. The Hall–Kier alpha value is -1.95. The van der Waals surface area contributed by atoms with Crippen LogP contribution in [0.4, 0.5) is 0 Å². The Kier molecular flexibility index (Phi) is 2.94. The largest absolute Gasteiger partial charge is 0.461 e. The number of hydrogen-bond acceptors (Lipinski definition) is 4. The van der Waals surface area contributed by atoms with Gasteiger partial charge in [0.25, 0.3) is 0 Å². The standard InChI is InChI=1S/C13H10BrN3O2/c1-2-19-12(18)10-5-6-17-11-7-8(14)3-4-9(11)15-13(17)16-10/h3-7H,2H2,1H3. The number of aromatic nitrogens is 3. The van der Waals surface area contributed by atoms with Crippen LogP contribution in [0, 0.1) is 0 Å². The Morgan fingerprint density at radius 2 is 2.21 bits per heavy atom. The van der Waals surface area contributed by atoms with Gasteiger partial charge in [0.05, 0.1) is 17.6 Å². The minimum absolute atomic E-state index is 0.267. The fourth-order valence-electron chi connectivity index (χ4n) is 1.89. The van der Waals surface area contributed by atoms with Crippen molar-refractivity contribution in [1.82, 2.24) is 14.4 Å². The fourth-order valence-corrected chi connectivity index (χ4v) is 2.24. The van der Waals surface area contributed by atoms with E-state index < -0.39 is 5.97 Å². The van der Waals surface area contributed by atoms with E-state index in [0.29, 0.717) is 12.4 Å². The molecule has 0 bridgehead atoms. The summed E-state index contributed by atoms with van der Waals surface area (Å²) in [5.74, 6) is 0.0527. The number of carbonyl (C=O) groups excluding carboxylic acids is 1. The van der Waals surface area contributed by atoms with Crippen LogP contribution >= 0.6 is 15.9 Å². The lowest BCUT2D eigenvalue weighted by atomic mass is 10.3. The quantitative estimate of drug-likeness (QED) is 0.681. The smallest absolute Gasteiger partial charge is 0.357 e. The Labute approximate surface area is 117 Å². The first-order valence-electron chi connectivity index (χ1n) is 5.80. The van der Waals surface area contributed by atoms with Crippen LogP contribution < -0.4 is 0 Å². The second-order valence-electron chi connectivity index (χ2n) is 3.95. The molecule has 0 unspecified atom stereocenters. The molecule has 0 spiro atoms. The summed E-state index contributed by atoms with van der Waals surface area (Å²) < 4.78 is 7.73. The number of halogens is 1. The number of fused-ring (bicyclic) bond motifs is 3. The lowest BCUT2D eigenvalue weighted by Crippen LogP contribution is -2.08. The van der Waals surface area contributed by atoms with Crippen LogP contribution in [0.5, 0.6) is 0 Å². The maximum Gasteiger partial charge on any atom is 0.357 e. The molecule has 0 aliphatic heterocycles. The predicted octanol–water partition coefficient (Wildman–Crippen LogP) is 2.82. The maximum absolute atomic E-state index is 11.6. The van der Waals surface area contributed by atoms with Crippen molar-refractivity contribution < 1.29 is 9.53 Å². The average Bonchev–Trinajstić information content (AvgIpc) is 2.76. The summed E-state index contributed by atoms with van der Waals surface area (Å²) in [7, 11) is 0. The molecule has 0 amide bonds. The first-order chi connectivity index (χ1) is 9.19. The Bertz CT molecular complexity index is 782. The zero-order valence-electron chi connectivity index (χ0n) is 10.1. The summed E-state index contributed by atoms with van der Waals surface area (Å²) in [4.78, 5) is 20.2. The molecule has 0 aliphatic carbocycles. The first kappa shape index (κ1) is 12.1. The number of esters is 1. The van der Waals surface area contributed by atoms with E-state index >= 15 is 0 Å². The Balaban J connectivity index is 2.19. The van der Waals surface area contributed by atoms with E-state index in [4.69, 9.17) is 4.74 Å². The summed E-state index contributed by atoms with van der Waals surface area (Å²) in [6.45, 7) is 2.09. The Morgan fingerprint density at radius 1 is 1.37 bits per heavy atom. The molecule has 3 rings (SSSR count). The summed E-state index contributed by atoms with van der Waals surface area (Å²) in [5, 5.41) is 0. The molecule has 1 aromatic carbocycles. The molecule has 6 heteroatoms. The molecule has 3 aromatic rings. The Morgan fingerprint density at radius 3 is 3.00 bits per heavy atom. The van der Waals surface area contributed by atoms with Crippen molar-refractivity contribution in [3.8, 4) is 0 Å². The van der Waals surface area contributed by atoms with Gasteiger partial charge in [-0.05, 0) is 31.2 Å². The molecule has 5 nitrogen and oxygen atoms in total. The lowest BCUT2D eigenvalue weighted by Gasteiger charge is -2.01. The third-order valence-electron chi connectivity index (χ3n) is 2.72. The number of carbonyl (C=O) groups is 1. The lowest BCUT2D eigenvalue weighted by molar-refractivity contribution is 0.0519. The molecule has 2 aromatic heterocycles. The van der Waals surface area contributed by atoms with Gasteiger partial charge < -0.3 is 4.74 Å². The molecular weight excluding hydrogens is 310 g/mol. The van der Waals surface area contributed by atoms with Gasteiger partial charge in [0.15, 0.2) is 5.69 Å². The maximum atomic E-state index is 11.6. The van der Waals surface area contributed by atoms with E-state index in [9.17, 15) is 4.79 Å². The zero-order valence-corrected chi connectivity index (χ0v) is 11.7. The molecule has 19 heavy (non-hydrogen) atoms. The number of ether oxygens (including phenoxy) is 1. The molecule has 2 heterocycles. The highest BCUT2D eigenvalue weighted by molar-refractivity contribution is 9.10. The predicted molar refractivity (Wildman–Crippen MR) is 74.1 cm³/mol. The van der Waals surface area contributed by atoms with Gasteiger partial charge in [-0.15, -0.1) is 0 Å². The molecule has 0 saturated heterocycles. The van der Waals surface area contributed by atoms with Crippen LogP contribution in [0.1, 0.15) is 17.4 Å². The van der Waals surface area contributed by atoms with E-state index in [2.05, 4.69) is 25.9 Å². The summed E-state index contributed by atoms with van der Waals surface area (Å²) in [6.07, 6.45) is 1.77. The molecule has 0 N–H and O–H groups in total. The van der Waals surface area contributed by atoms with Crippen molar-refractivity contribution >= 4 is 38.7 Å². The molecular formula is C13H10BrN3O2. The van der Waals surface area contributed by atoms with Crippen LogP contribution in [0.2, 0.25) is 0 Å². The van der Waals surface area contributed by atoms with Gasteiger partial charge >= 0.3 is 5.97 Å². The van der Waals surface area contributed by atoms with Gasteiger partial charge in [-0.1, -0.05) is 15.9 Å². The monoisotopic (exact) mass is 319 g/mol. The number of rotatable bonds is 2. The van der Waals surface area contributed by atoms with Gasteiger partial charge in [0.1, 0.15) is 0 Å². The van der Waals surface area contributed by atoms with Gasteiger partial charge in [-0.25, -0.2) is 14.8 Å². The number of nitrogens with zero attached hydrogens (tertiary/aromatic N) is 3. The molecule has 0 fully saturated rings. The fraction of sp³-hybridized carbons (Fsp3) is 0.154. The number of benzene rings is 1. The third-order valence-corrected chi connectivity index (χ3v) is 3.21. The zero-order chi connectivity index (χ0) is 13.4. The minimum atomic E-state index is -0.432.